The number of carbonyl (C=O) groups is 2. The van der Waals surface area contributed by atoms with E-state index in [2.05, 4.69) is 31.3 Å². The van der Waals surface area contributed by atoms with Crippen molar-refractivity contribution in [2.75, 3.05) is 13.2 Å². The van der Waals surface area contributed by atoms with Crippen LogP contribution in [0.4, 0.5) is 0 Å². The Balaban J connectivity index is 3.34. The van der Waals surface area contributed by atoms with Gasteiger partial charge in [-0.15, -0.1) is 0 Å². The van der Waals surface area contributed by atoms with Gasteiger partial charge in [0.1, 0.15) is 0 Å². The summed E-state index contributed by atoms with van der Waals surface area (Å²) in [5, 5.41) is 23.2. The van der Waals surface area contributed by atoms with Gasteiger partial charge in [0.2, 0.25) is 5.91 Å². The highest BCUT2D eigenvalue weighted by Crippen LogP contribution is 2.18. The number of aliphatic hydroxyl groups excluding tert-OH is 2. The Morgan fingerprint density at radius 1 is 0.403 bits per heavy atom. The molecule has 0 heterocycles. The van der Waals surface area contributed by atoms with Gasteiger partial charge in [0.25, 0.3) is 0 Å². The van der Waals surface area contributed by atoms with Crippen LogP contribution in [0.15, 0.2) is 12.2 Å². The average Bonchev–Trinajstić information content (AvgIpc) is 3.33. The Morgan fingerprint density at radius 3 is 1.06 bits per heavy atom. The molecule has 0 spiro atoms. The summed E-state index contributed by atoms with van der Waals surface area (Å²) in [7, 11) is 0. The van der Waals surface area contributed by atoms with Crippen molar-refractivity contribution in [3.05, 3.63) is 12.2 Å². The number of rotatable bonds is 57. The predicted octanol–water partition coefficient (Wildman–Crippen LogP) is 18.9. The van der Waals surface area contributed by atoms with Crippen LogP contribution in [0.3, 0.4) is 0 Å². The van der Waals surface area contributed by atoms with Gasteiger partial charge in [-0.3, -0.25) is 9.59 Å². The number of aliphatic hydroxyl groups is 2. The summed E-state index contributed by atoms with van der Waals surface area (Å²) in [4.78, 5) is 24.5. The second-order valence-corrected chi connectivity index (χ2v) is 21.0. The second kappa shape index (κ2) is 57.2. The molecular formula is C61H119NO5. The van der Waals surface area contributed by atoms with E-state index in [-0.39, 0.29) is 18.5 Å². The maximum atomic E-state index is 12.4. The first-order valence-corrected chi connectivity index (χ1v) is 30.4. The molecule has 3 N–H and O–H groups in total. The number of unbranched alkanes of at least 4 members (excludes halogenated alkanes) is 44. The summed E-state index contributed by atoms with van der Waals surface area (Å²) in [6.07, 6.45) is 67.9. The van der Waals surface area contributed by atoms with Crippen molar-refractivity contribution in [2.24, 2.45) is 0 Å². The average molecular weight is 947 g/mol. The summed E-state index contributed by atoms with van der Waals surface area (Å²) < 4.78 is 5.48. The zero-order valence-corrected chi connectivity index (χ0v) is 45.4. The van der Waals surface area contributed by atoms with E-state index in [4.69, 9.17) is 4.74 Å². The molecule has 0 fully saturated rings. The van der Waals surface area contributed by atoms with E-state index in [9.17, 15) is 19.8 Å². The Hall–Kier alpha value is -1.40. The van der Waals surface area contributed by atoms with Crippen LogP contribution in [-0.2, 0) is 14.3 Å². The van der Waals surface area contributed by atoms with E-state index >= 15 is 0 Å². The first-order valence-electron chi connectivity index (χ1n) is 30.4. The zero-order chi connectivity index (χ0) is 48.6. The monoisotopic (exact) mass is 946 g/mol. The van der Waals surface area contributed by atoms with Crippen LogP contribution < -0.4 is 5.32 Å². The Labute approximate surface area is 419 Å². The van der Waals surface area contributed by atoms with Gasteiger partial charge in [-0.1, -0.05) is 289 Å². The molecule has 0 aromatic rings. The summed E-state index contributed by atoms with van der Waals surface area (Å²) in [6.45, 7) is 4.95. The highest BCUT2D eigenvalue weighted by Gasteiger charge is 2.20. The molecule has 0 saturated carbocycles. The van der Waals surface area contributed by atoms with Gasteiger partial charge in [0, 0.05) is 12.8 Å². The number of allylic oxidation sites excluding steroid dienone is 2. The lowest BCUT2D eigenvalue weighted by Crippen LogP contribution is -2.45. The minimum absolute atomic E-state index is 0.00798. The lowest BCUT2D eigenvalue weighted by Gasteiger charge is -2.22. The topological polar surface area (TPSA) is 95.9 Å². The van der Waals surface area contributed by atoms with Crippen molar-refractivity contribution in [2.45, 2.75) is 353 Å². The summed E-state index contributed by atoms with van der Waals surface area (Å²) in [6, 6.07) is -0.538. The molecule has 1 amide bonds. The molecular weight excluding hydrogens is 827 g/mol. The number of carbonyl (C=O) groups excluding carboxylic acids is 2. The van der Waals surface area contributed by atoms with E-state index in [0.717, 1.165) is 44.9 Å². The lowest BCUT2D eigenvalue weighted by atomic mass is 10.0. The molecule has 0 bridgehead atoms. The summed E-state index contributed by atoms with van der Waals surface area (Å²) >= 11 is 0. The molecule has 0 aliphatic rings. The number of nitrogens with one attached hydrogen (secondary N) is 1. The van der Waals surface area contributed by atoms with Crippen molar-refractivity contribution in [1.82, 2.24) is 5.32 Å². The molecule has 0 aliphatic carbocycles. The van der Waals surface area contributed by atoms with Crippen LogP contribution >= 0.6 is 0 Å². The van der Waals surface area contributed by atoms with Gasteiger partial charge < -0.3 is 20.3 Å². The van der Waals surface area contributed by atoms with Crippen LogP contribution in [0.25, 0.3) is 0 Å². The largest absolute Gasteiger partial charge is 0.466 e. The van der Waals surface area contributed by atoms with Crippen LogP contribution in [0.5, 0.6) is 0 Å². The van der Waals surface area contributed by atoms with Crippen molar-refractivity contribution in [1.29, 1.82) is 0 Å². The lowest BCUT2D eigenvalue weighted by molar-refractivity contribution is -0.143. The maximum absolute atomic E-state index is 12.4. The summed E-state index contributed by atoms with van der Waals surface area (Å²) in [5.41, 5.74) is 0. The molecule has 0 saturated heterocycles. The van der Waals surface area contributed by atoms with Crippen LogP contribution in [0, 0.1) is 0 Å². The Morgan fingerprint density at radius 2 is 0.701 bits per heavy atom. The van der Waals surface area contributed by atoms with Crippen molar-refractivity contribution in [3.63, 3.8) is 0 Å². The number of hydrogen-bond acceptors (Lipinski definition) is 5. The minimum atomic E-state index is -0.661. The Bertz CT molecular complexity index is 1000. The molecule has 398 valence electrons. The quantitative estimate of drug-likeness (QED) is 0.0321. The minimum Gasteiger partial charge on any atom is -0.466 e. The predicted molar refractivity (Wildman–Crippen MR) is 292 cm³/mol. The van der Waals surface area contributed by atoms with Gasteiger partial charge in [0.05, 0.1) is 25.4 Å². The molecule has 0 aromatic carbocycles. The first kappa shape index (κ1) is 65.6. The van der Waals surface area contributed by atoms with Crippen LogP contribution in [0.2, 0.25) is 0 Å². The Kier molecular flexibility index (Phi) is 56.0. The van der Waals surface area contributed by atoms with Gasteiger partial charge in [-0.2, -0.15) is 0 Å². The van der Waals surface area contributed by atoms with Gasteiger partial charge in [-0.05, 0) is 51.4 Å². The number of ether oxygens (including phenoxy) is 1. The third-order valence-electron chi connectivity index (χ3n) is 14.3. The van der Waals surface area contributed by atoms with E-state index in [0.29, 0.717) is 25.9 Å². The fourth-order valence-corrected chi connectivity index (χ4v) is 9.64. The van der Waals surface area contributed by atoms with Gasteiger partial charge in [0.15, 0.2) is 0 Å². The van der Waals surface area contributed by atoms with E-state index in [1.165, 1.54) is 263 Å². The molecule has 0 aromatic heterocycles. The number of amides is 1. The smallest absolute Gasteiger partial charge is 0.305 e. The van der Waals surface area contributed by atoms with Gasteiger partial charge in [-0.25, -0.2) is 0 Å². The molecule has 0 aliphatic heterocycles. The maximum Gasteiger partial charge on any atom is 0.305 e. The summed E-state index contributed by atoms with van der Waals surface area (Å²) in [5.74, 6) is -0.0255. The fraction of sp³-hybridized carbons (Fsp3) is 0.934. The van der Waals surface area contributed by atoms with Crippen molar-refractivity contribution >= 4 is 11.9 Å². The standard InChI is InChI=1S/C61H119NO5/c1-3-5-7-9-11-13-15-16-27-31-35-39-43-47-51-55-61(66)67-56-52-48-44-40-36-32-29-26-24-22-20-18-17-19-21-23-25-28-30-34-38-42-46-50-54-60(65)62-58(57-63)59(64)53-49-45-41-37-33-14-12-10-8-6-4-2/h16,27,58-59,63-64H,3-15,17-26,28-57H2,1-2H3,(H,62,65)/b27-16-. The van der Waals surface area contributed by atoms with Crippen molar-refractivity contribution in [3.8, 4) is 0 Å². The zero-order valence-electron chi connectivity index (χ0n) is 45.4. The van der Waals surface area contributed by atoms with Crippen LogP contribution in [0.1, 0.15) is 341 Å². The number of hydrogen-bond donors (Lipinski definition) is 3. The molecule has 0 rings (SSSR count). The van der Waals surface area contributed by atoms with Crippen LogP contribution in [-0.4, -0.2) is 47.4 Å². The second-order valence-electron chi connectivity index (χ2n) is 21.0. The van der Waals surface area contributed by atoms with Gasteiger partial charge >= 0.3 is 5.97 Å². The molecule has 2 atom stereocenters. The fourth-order valence-electron chi connectivity index (χ4n) is 9.64. The highest BCUT2D eigenvalue weighted by molar-refractivity contribution is 5.76. The third kappa shape index (κ3) is 53.8. The molecule has 6 heteroatoms. The van der Waals surface area contributed by atoms with E-state index in [1.54, 1.807) is 0 Å². The SMILES string of the molecule is CCCCCCCC/C=C\CCCCCCCC(=O)OCCCCCCCCCCCCCCCCCCCCCCCCCCC(=O)NC(CO)C(O)CCCCCCCCCCCCC. The first-order chi connectivity index (χ1) is 33.0. The molecule has 6 nitrogen and oxygen atoms in total. The van der Waals surface area contributed by atoms with E-state index in [1.807, 2.05) is 0 Å². The molecule has 0 radical (unpaired) electrons. The highest BCUT2D eigenvalue weighted by atomic mass is 16.5. The molecule has 67 heavy (non-hydrogen) atoms. The molecule has 2 unspecified atom stereocenters. The van der Waals surface area contributed by atoms with Crippen molar-refractivity contribution < 1.29 is 24.5 Å². The normalized spacial score (nSPS) is 12.6. The van der Waals surface area contributed by atoms with E-state index < -0.39 is 12.1 Å². The third-order valence-corrected chi connectivity index (χ3v) is 14.3. The number of esters is 1.